The zero-order valence-corrected chi connectivity index (χ0v) is 8.60. The highest BCUT2D eigenvalue weighted by molar-refractivity contribution is 7.09. The average Bonchev–Trinajstić information content (AvgIpc) is 2.54. The topological polar surface area (TPSA) is 62.2 Å². The van der Waals surface area contributed by atoms with E-state index in [-0.39, 0.29) is 12.5 Å². The summed E-state index contributed by atoms with van der Waals surface area (Å²) in [5, 5.41) is 10.2. The summed E-state index contributed by atoms with van der Waals surface area (Å²) in [6.45, 7) is 4.03. The first kappa shape index (κ1) is 12.1. The molecule has 74 valence electrons. The number of hydrogen-bond acceptors (Lipinski definition) is 4. The summed E-state index contributed by atoms with van der Waals surface area (Å²) in [6.07, 6.45) is 1.75. The van der Waals surface area contributed by atoms with E-state index < -0.39 is 0 Å². The van der Waals surface area contributed by atoms with Crippen molar-refractivity contribution in [1.82, 2.24) is 10.3 Å². The van der Waals surface area contributed by atoms with Gasteiger partial charge in [-0.15, -0.1) is 11.3 Å². The Hall–Kier alpha value is -0.940. The molecule has 0 bridgehead atoms. The minimum atomic E-state index is -0.00611. The Bertz CT molecular complexity index is 224. The summed E-state index contributed by atoms with van der Waals surface area (Å²) in [7, 11) is 0. The summed E-state index contributed by atoms with van der Waals surface area (Å²) in [5.74, 6) is -0.00611. The Labute approximate surface area is 81.6 Å². The maximum Gasteiger partial charge on any atom is 0.217 e. The maximum absolute atomic E-state index is 10.4. The Morgan fingerprint density at radius 2 is 2.38 bits per heavy atom. The second-order valence-electron chi connectivity index (χ2n) is 2.19. The fourth-order valence-electron chi connectivity index (χ4n) is 0.541. The summed E-state index contributed by atoms with van der Waals surface area (Å²) in [6, 6.07) is 0. The van der Waals surface area contributed by atoms with Gasteiger partial charge >= 0.3 is 0 Å². The molecule has 4 nitrogen and oxygen atoms in total. The second-order valence-corrected chi connectivity index (χ2v) is 3.16. The van der Waals surface area contributed by atoms with Crippen LogP contribution < -0.4 is 5.32 Å². The van der Waals surface area contributed by atoms with Crippen LogP contribution in [0.1, 0.15) is 18.7 Å². The van der Waals surface area contributed by atoms with Gasteiger partial charge in [0.1, 0.15) is 0 Å². The summed E-state index contributed by atoms with van der Waals surface area (Å²) < 4.78 is 0. The molecule has 1 amide bonds. The number of thiazole rings is 1. The Balaban J connectivity index is 0.000000424. The molecule has 0 radical (unpaired) electrons. The fourth-order valence-corrected chi connectivity index (χ4v) is 1.08. The van der Waals surface area contributed by atoms with Crippen molar-refractivity contribution in [3.63, 3.8) is 0 Å². The van der Waals surface area contributed by atoms with Gasteiger partial charge in [0.15, 0.2) is 0 Å². The molecular weight excluding hydrogens is 188 g/mol. The van der Waals surface area contributed by atoms with Gasteiger partial charge in [-0.1, -0.05) is 0 Å². The van der Waals surface area contributed by atoms with Crippen LogP contribution in [-0.2, 0) is 11.3 Å². The quantitative estimate of drug-likeness (QED) is 0.745. The highest BCUT2D eigenvalue weighted by Crippen LogP contribution is 2.03. The lowest BCUT2D eigenvalue weighted by Crippen LogP contribution is -2.18. The molecule has 0 aliphatic rings. The molecule has 1 heterocycles. The first-order chi connectivity index (χ1) is 6.20. The van der Waals surface area contributed by atoms with Gasteiger partial charge in [-0.25, -0.2) is 0 Å². The number of amides is 1. The van der Waals surface area contributed by atoms with Crippen LogP contribution in [0.2, 0.25) is 0 Å². The third-order valence-electron chi connectivity index (χ3n) is 0.995. The number of carbonyl (C=O) groups excluding carboxylic acids is 1. The van der Waals surface area contributed by atoms with Gasteiger partial charge in [-0.2, -0.15) is 0 Å². The lowest BCUT2D eigenvalue weighted by molar-refractivity contribution is -0.119. The van der Waals surface area contributed by atoms with Crippen molar-refractivity contribution in [3.8, 4) is 0 Å². The SMILES string of the molecule is CC(=O)NCc1cncs1.CCO. The Kier molecular flexibility index (Phi) is 7.14. The smallest absolute Gasteiger partial charge is 0.217 e. The highest BCUT2D eigenvalue weighted by Gasteiger charge is 1.93. The van der Waals surface area contributed by atoms with E-state index in [2.05, 4.69) is 10.3 Å². The van der Waals surface area contributed by atoms with E-state index in [0.29, 0.717) is 6.54 Å². The van der Waals surface area contributed by atoms with Gasteiger partial charge in [-0.05, 0) is 6.92 Å². The standard InChI is InChI=1S/C6H8N2OS.C2H6O/c1-5(9)8-3-6-2-7-4-10-6;1-2-3/h2,4H,3H2,1H3,(H,8,9);3H,2H2,1H3. The highest BCUT2D eigenvalue weighted by atomic mass is 32.1. The van der Waals surface area contributed by atoms with Crippen LogP contribution >= 0.6 is 11.3 Å². The molecule has 0 aliphatic heterocycles. The van der Waals surface area contributed by atoms with Crippen molar-refractivity contribution in [3.05, 3.63) is 16.6 Å². The monoisotopic (exact) mass is 202 g/mol. The molecule has 1 aromatic rings. The normalized spacial score (nSPS) is 8.54. The molecule has 0 spiro atoms. The van der Waals surface area contributed by atoms with Crippen molar-refractivity contribution >= 4 is 17.2 Å². The predicted molar refractivity (Wildman–Crippen MR) is 52.4 cm³/mol. The van der Waals surface area contributed by atoms with Gasteiger partial charge in [0.25, 0.3) is 0 Å². The Morgan fingerprint density at radius 3 is 2.77 bits per heavy atom. The molecule has 0 unspecified atom stereocenters. The van der Waals surface area contributed by atoms with E-state index in [4.69, 9.17) is 5.11 Å². The fraction of sp³-hybridized carbons (Fsp3) is 0.500. The van der Waals surface area contributed by atoms with E-state index >= 15 is 0 Å². The van der Waals surface area contributed by atoms with Gasteiger partial charge in [0.2, 0.25) is 5.91 Å². The first-order valence-electron chi connectivity index (χ1n) is 3.93. The molecule has 0 fully saturated rings. The number of carbonyl (C=O) groups is 1. The molecule has 0 saturated carbocycles. The predicted octanol–water partition coefficient (Wildman–Crippen LogP) is 0.778. The lowest BCUT2D eigenvalue weighted by Gasteiger charge is -1.95. The zero-order valence-electron chi connectivity index (χ0n) is 7.78. The van der Waals surface area contributed by atoms with Gasteiger partial charge in [0, 0.05) is 24.6 Å². The van der Waals surface area contributed by atoms with Gasteiger partial charge < -0.3 is 10.4 Å². The van der Waals surface area contributed by atoms with Crippen molar-refractivity contribution in [2.24, 2.45) is 0 Å². The number of rotatable bonds is 2. The van der Waals surface area contributed by atoms with Crippen molar-refractivity contribution in [1.29, 1.82) is 0 Å². The van der Waals surface area contributed by atoms with Crippen molar-refractivity contribution in [2.45, 2.75) is 20.4 Å². The minimum absolute atomic E-state index is 0.00611. The number of aromatic nitrogens is 1. The van der Waals surface area contributed by atoms with Crippen LogP contribution in [-0.4, -0.2) is 22.6 Å². The van der Waals surface area contributed by atoms with Crippen LogP contribution in [0.4, 0.5) is 0 Å². The van der Waals surface area contributed by atoms with E-state index in [1.165, 1.54) is 18.3 Å². The summed E-state index contributed by atoms with van der Waals surface area (Å²) in [5.41, 5.74) is 1.75. The molecule has 2 N–H and O–H groups in total. The van der Waals surface area contributed by atoms with Gasteiger partial charge in [-0.3, -0.25) is 9.78 Å². The number of nitrogens with one attached hydrogen (secondary N) is 1. The van der Waals surface area contributed by atoms with Crippen LogP contribution in [0.25, 0.3) is 0 Å². The van der Waals surface area contributed by atoms with Gasteiger partial charge in [0.05, 0.1) is 12.1 Å². The molecule has 1 aromatic heterocycles. The molecule has 13 heavy (non-hydrogen) atoms. The molecule has 5 heteroatoms. The number of aliphatic hydroxyl groups excluding tert-OH is 1. The lowest BCUT2D eigenvalue weighted by atomic mass is 10.5. The maximum atomic E-state index is 10.4. The molecule has 0 aliphatic carbocycles. The molecule has 1 rings (SSSR count). The number of aliphatic hydroxyl groups is 1. The van der Waals surface area contributed by atoms with E-state index in [1.54, 1.807) is 18.6 Å². The third kappa shape index (κ3) is 7.42. The van der Waals surface area contributed by atoms with Crippen LogP contribution in [0.3, 0.4) is 0 Å². The largest absolute Gasteiger partial charge is 0.397 e. The van der Waals surface area contributed by atoms with E-state index in [1.807, 2.05) is 0 Å². The van der Waals surface area contributed by atoms with Crippen LogP contribution in [0, 0.1) is 0 Å². The molecule has 0 saturated heterocycles. The zero-order chi connectivity index (χ0) is 10.1. The minimum Gasteiger partial charge on any atom is -0.397 e. The summed E-state index contributed by atoms with van der Waals surface area (Å²) in [4.78, 5) is 15.4. The second kappa shape index (κ2) is 7.70. The summed E-state index contributed by atoms with van der Waals surface area (Å²) >= 11 is 1.54. The average molecular weight is 202 g/mol. The van der Waals surface area contributed by atoms with Crippen molar-refractivity contribution in [2.75, 3.05) is 6.61 Å². The van der Waals surface area contributed by atoms with E-state index in [0.717, 1.165) is 4.88 Å². The Morgan fingerprint density at radius 1 is 1.77 bits per heavy atom. The molecular formula is C8H14N2O2S. The molecule has 0 atom stereocenters. The van der Waals surface area contributed by atoms with Crippen molar-refractivity contribution < 1.29 is 9.90 Å². The molecule has 0 aromatic carbocycles. The first-order valence-corrected chi connectivity index (χ1v) is 4.81. The van der Waals surface area contributed by atoms with E-state index in [9.17, 15) is 4.79 Å². The number of nitrogens with zero attached hydrogens (tertiary/aromatic N) is 1. The third-order valence-corrected chi connectivity index (χ3v) is 1.77. The van der Waals surface area contributed by atoms with Crippen LogP contribution in [0.15, 0.2) is 11.7 Å². The number of hydrogen-bond donors (Lipinski definition) is 2. The van der Waals surface area contributed by atoms with Crippen LogP contribution in [0.5, 0.6) is 0 Å².